The average molecular weight is 210 g/mol. The van der Waals surface area contributed by atoms with Crippen LogP contribution < -0.4 is 0 Å². The highest BCUT2D eigenvalue weighted by molar-refractivity contribution is 5.95. The molecule has 0 aliphatic heterocycles. The third kappa shape index (κ3) is 2.04. The van der Waals surface area contributed by atoms with Crippen LogP contribution in [0.4, 0.5) is 0 Å². The molecule has 2 aromatic carbocycles. The van der Waals surface area contributed by atoms with Gasteiger partial charge in [-0.05, 0) is 22.9 Å². The Bertz CT molecular complexity index is 564. The monoisotopic (exact) mass is 210 g/mol. The van der Waals surface area contributed by atoms with E-state index in [1.54, 1.807) is 12.1 Å². The van der Waals surface area contributed by atoms with Crippen LogP contribution in [0.5, 0.6) is 0 Å². The Morgan fingerprint density at radius 3 is 2.69 bits per heavy atom. The molecule has 0 unspecified atom stereocenters. The van der Waals surface area contributed by atoms with Gasteiger partial charge < -0.3 is 4.74 Å². The summed E-state index contributed by atoms with van der Waals surface area (Å²) in [5.74, 6) is 1.88. The molecule has 0 fully saturated rings. The summed E-state index contributed by atoms with van der Waals surface area (Å²) in [5.41, 5.74) is 0.522. The number of fused-ring (bicyclic) bond motifs is 1. The molecule has 0 spiro atoms. The van der Waals surface area contributed by atoms with Crippen molar-refractivity contribution in [2.24, 2.45) is 0 Å². The molecule has 0 bridgehead atoms. The van der Waals surface area contributed by atoms with E-state index in [9.17, 15) is 4.79 Å². The van der Waals surface area contributed by atoms with Crippen molar-refractivity contribution in [1.82, 2.24) is 0 Å². The largest absolute Gasteiger partial charge is 0.449 e. The number of rotatable bonds is 2. The summed E-state index contributed by atoms with van der Waals surface area (Å²) < 4.78 is 4.85. The average Bonchev–Trinajstić information content (AvgIpc) is 2.35. The highest BCUT2D eigenvalue weighted by Gasteiger charge is 2.06. The lowest BCUT2D eigenvalue weighted by atomic mass is 10.1. The zero-order valence-electron chi connectivity index (χ0n) is 8.64. The lowest BCUT2D eigenvalue weighted by Gasteiger charge is -2.02. The number of esters is 1. The SMILES string of the molecule is C#CCOC(=O)c1ccc2ccccc2c1. The van der Waals surface area contributed by atoms with Crippen LogP contribution in [0.25, 0.3) is 10.8 Å². The molecule has 0 N–H and O–H groups in total. The van der Waals surface area contributed by atoms with Gasteiger partial charge in [0.1, 0.15) is 0 Å². The van der Waals surface area contributed by atoms with Crippen molar-refractivity contribution in [1.29, 1.82) is 0 Å². The third-order valence-corrected chi connectivity index (χ3v) is 2.27. The summed E-state index contributed by atoms with van der Waals surface area (Å²) in [4.78, 5) is 11.5. The predicted molar refractivity (Wildman–Crippen MR) is 63.1 cm³/mol. The zero-order chi connectivity index (χ0) is 11.4. The molecular weight excluding hydrogens is 200 g/mol. The highest BCUT2D eigenvalue weighted by atomic mass is 16.5. The number of hydrogen-bond acceptors (Lipinski definition) is 2. The Hall–Kier alpha value is -2.27. The van der Waals surface area contributed by atoms with E-state index in [4.69, 9.17) is 11.2 Å². The minimum atomic E-state index is -0.385. The summed E-state index contributed by atoms with van der Waals surface area (Å²) in [6.07, 6.45) is 5.02. The van der Waals surface area contributed by atoms with E-state index in [1.165, 1.54) is 0 Å². The molecule has 0 heterocycles. The van der Waals surface area contributed by atoms with Gasteiger partial charge in [-0.3, -0.25) is 0 Å². The fourth-order valence-corrected chi connectivity index (χ4v) is 1.51. The number of terminal acetylenes is 1. The van der Waals surface area contributed by atoms with Gasteiger partial charge in [0.25, 0.3) is 0 Å². The van der Waals surface area contributed by atoms with Crippen molar-refractivity contribution < 1.29 is 9.53 Å². The molecule has 2 rings (SSSR count). The van der Waals surface area contributed by atoms with E-state index in [0.29, 0.717) is 5.56 Å². The first-order valence-electron chi connectivity index (χ1n) is 4.90. The van der Waals surface area contributed by atoms with Crippen LogP contribution in [0.1, 0.15) is 10.4 Å². The van der Waals surface area contributed by atoms with E-state index in [0.717, 1.165) is 10.8 Å². The minimum absolute atomic E-state index is 0.00562. The van der Waals surface area contributed by atoms with Crippen molar-refractivity contribution in [2.75, 3.05) is 6.61 Å². The normalized spacial score (nSPS) is 9.69. The van der Waals surface area contributed by atoms with Gasteiger partial charge in [0, 0.05) is 0 Å². The molecule has 2 heteroatoms. The Morgan fingerprint density at radius 2 is 1.94 bits per heavy atom. The van der Waals surface area contributed by atoms with E-state index in [1.807, 2.05) is 30.3 Å². The number of carbonyl (C=O) groups is 1. The van der Waals surface area contributed by atoms with Crippen molar-refractivity contribution in [3.63, 3.8) is 0 Å². The summed E-state index contributed by atoms with van der Waals surface area (Å²) >= 11 is 0. The Kier molecular flexibility index (Phi) is 2.88. The number of ether oxygens (including phenoxy) is 1. The predicted octanol–water partition coefficient (Wildman–Crippen LogP) is 2.63. The van der Waals surface area contributed by atoms with Crippen LogP contribution >= 0.6 is 0 Å². The molecule has 0 aromatic heterocycles. The zero-order valence-corrected chi connectivity index (χ0v) is 8.64. The van der Waals surface area contributed by atoms with E-state index in [2.05, 4.69) is 5.92 Å². The first-order chi connectivity index (χ1) is 7.81. The minimum Gasteiger partial charge on any atom is -0.449 e. The van der Waals surface area contributed by atoms with Gasteiger partial charge in [-0.2, -0.15) is 0 Å². The molecule has 0 saturated carbocycles. The molecule has 0 amide bonds. The third-order valence-electron chi connectivity index (χ3n) is 2.27. The van der Waals surface area contributed by atoms with Gasteiger partial charge in [-0.1, -0.05) is 36.3 Å². The summed E-state index contributed by atoms with van der Waals surface area (Å²) in [6, 6.07) is 13.3. The molecule has 16 heavy (non-hydrogen) atoms. The molecule has 0 atom stereocenters. The van der Waals surface area contributed by atoms with E-state index in [-0.39, 0.29) is 12.6 Å². The molecule has 0 saturated heterocycles. The maximum Gasteiger partial charge on any atom is 0.339 e. The molecule has 2 nitrogen and oxygen atoms in total. The highest BCUT2D eigenvalue weighted by Crippen LogP contribution is 2.16. The van der Waals surface area contributed by atoms with Crippen LogP contribution in [0.3, 0.4) is 0 Å². The van der Waals surface area contributed by atoms with Gasteiger partial charge in [-0.15, -0.1) is 6.42 Å². The van der Waals surface area contributed by atoms with E-state index < -0.39 is 0 Å². The molecule has 0 radical (unpaired) electrons. The lowest BCUT2D eigenvalue weighted by Crippen LogP contribution is -2.04. The maximum atomic E-state index is 11.5. The molecular formula is C14H10O2. The molecule has 2 aromatic rings. The molecule has 0 aliphatic rings. The van der Waals surface area contributed by atoms with Crippen LogP contribution in [0.2, 0.25) is 0 Å². The number of carbonyl (C=O) groups excluding carboxylic acids is 1. The summed E-state index contributed by atoms with van der Waals surface area (Å²) in [5, 5.41) is 2.11. The van der Waals surface area contributed by atoms with Crippen LogP contribution in [-0.2, 0) is 4.74 Å². The molecule has 0 aliphatic carbocycles. The standard InChI is InChI=1S/C14H10O2/c1-2-9-16-14(15)13-8-7-11-5-3-4-6-12(11)10-13/h1,3-8,10H,9H2. The summed E-state index contributed by atoms with van der Waals surface area (Å²) in [7, 11) is 0. The smallest absolute Gasteiger partial charge is 0.339 e. The topological polar surface area (TPSA) is 26.3 Å². The second-order valence-corrected chi connectivity index (χ2v) is 3.34. The van der Waals surface area contributed by atoms with Crippen molar-refractivity contribution in [2.45, 2.75) is 0 Å². The van der Waals surface area contributed by atoms with Gasteiger partial charge in [0.05, 0.1) is 5.56 Å². The van der Waals surface area contributed by atoms with Gasteiger partial charge in [-0.25, -0.2) is 4.79 Å². The van der Waals surface area contributed by atoms with Crippen molar-refractivity contribution in [3.8, 4) is 12.3 Å². The number of benzene rings is 2. The Balaban J connectivity index is 2.33. The second kappa shape index (κ2) is 4.50. The lowest BCUT2D eigenvalue weighted by molar-refractivity contribution is 0.0557. The number of hydrogen-bond donors (Lipinski definition) is 0. The van der Waals surface area contributed by atoms with Crippen molar-refractivity contribution in [3.05, 3.63) is 48.0 Å². The fraction of sp³-hybridized carbons (Fsp3) is 0.0714. The fourth-order valence-electron chi connectivity index (χ4n) is 1.51. The van der Waals surface area contributed by atoms with Crippen LogP contribution in [0, 0.1) is 12.3 Å². The Morgan fingerprint density at radius 1 is 1.19 bits per heavy atom. The first-order valence-corrected chi connectivity index (χ1v) is 4.90. The van der Waals surface area contributed by atoms with Crippen molar-refractivity contribution >= 4 is 16.7 Å². The first kappa shape index (κ1) is 10.3. The Labute approximate surface area is 93.8 Å². The molecule has 78 valence electrons. The quantitative estimate of drug-likeness (QED) is 0.562. The van der Waals surface area contributed by atoms with Crippen LogP contribution in [0.15, 0.2) is 42.5 Å². The van der Waals surface area contributed by atoms with Gasteiger partial charge >= 0.3 is 5.97 Å². The van der Waals surface area contributed by atoms with Crippen LogP contribution in [-0.4, -0.2) is 12.6 Å². The maximum absolute atomic E-state index is 11.5. The second-order valence-electron chi connectivity index (χ2n) is 3.34. The van der Waals surface area contributed by atoms with Gasteiger partial charge in [0.15, 0.2) is 6.61 Å². The summed E-state index contributed by atoms with van der Waals surface area (Å²) in [6.45, 7) is 0.00562. The van der Waals surface area contributed by atoms with E-state index >= 15 is 0 Å². The van der Waals surface area contributed by atoms with Gasteiger partial charge in [0.2, 0.25) is 0 Å².